The molecule has 0 aliphatic carbocycles. The van der Waals surface area contributed by atoms with E-state index in [4.69, 9.17) is 4.74 Å². The van der Waals surface area contributed by atoms with Crippen LogP contribution in [0.4, 0.5) is 0 Å². The summed E-state index contributed by atoms with van der Waals surface area (Å²) in [4.78, 5) is 23.9. The SMILES string of the molecule is CCOC(=O)C(C)(C)n1cc(Br)cc(C)c1=O. The molecule has 1 aromatic rings. The summed E-state index contributed by atoms with van der Waals surface area (Å²) >= 11 is 3.32. The van der Waals surface area contributed by atoms with Crippen molar-refractivity contribution in [3.05, 3.63) is 32.7 Å². The minimum atomic E-state index is -1.01. The number of carbonyl (C=O) groups excluding carboxylic acids is 1. The second kappa shape index (κ2) is 5.04. The Kier molecular flexibility index (Phi) is 4.14. The zero-order valence-corrected chi connectivity index (χ0v) is 12.0. The number of nitrogens with zero attached hydrogens (tertiary/aromatic N) is 1. The highest BCUT2D eigenvalue weighted by atomic mass is 79.9. The first kappa shape index (κ1) is 14.0. The third kappa shape index (κ3) is 2.77. The standard InChI is InChI=1S/C12H16BrNO3/c1-5-17-11(16)12(3,4)14-7-9(13)6-8(2)10(14)15/h6-7H,5H2,1-4H3. The van der Waals surface area contributed by atoms with Crippen molar-refractivity contribution >= 4 is 21.9 Å². The van der Waals surface area contributed by atoms with Crippen molar-refractivity contribution in [2.45, 2.75) is 33.2 Å². The quantitative estimate of drug-likeness (QED) is 0.804. The van der Waals surface area contributed by atoms with Crippen LogP contribution in [-0.2, 0) is 15.1 Å². The average molecular weight is 302 g/mol. The van der Waals surface area contributed by atoms with Crippen LogP contribution < -0.4 is 5.56 Å². The van der Waals surface area contributed by atoms with Gasteiger partial charge in [-0.3, -0.25) is 9.36 Å². The van der Waals surface area contributed by atoms with Gasteiger partial charge in [0.2, 0.25) is 0 Å². The molecule has 0 aliphatic heterocycles. The molecule has 0 N–H and O–H groups in total. The van der Waals surface area contributed by atoms with E-state index in [2.05, 4.69) is 15.9 Å². The zero-order chi connectivity index (χ0) is 13.2. The van der Waals surface area contributed by atoms with Gasteiger partial charge in [-0.2, -0.15) is 0 Å². The molecule has 0 fully saturated rings. The van der Waals surface area contributed by atoms with Gasteiger partial charge in [-0.1, -0.05) is 0 Å². The summed E-state index contributed by atoms with van der Waals surface area (Å²) in [6, 6.07) is 1.72. The van der Waals surface area contributed by atoms with Crippen molar-refractivity contribution in [3.8, 4) is 0 Å². The number of hydrogen-bond acceptors (Lipinski definition) is 3. The van der Waals surface area contributed by atoms with E-state index in [0.29, 0.717) is 12.2 Å². The van der Waals surface area contributed by atoms with E-state index in [9.17, 15) is 9.59 Å². The lowest BCUT2D eigenvalue weighted by atomic mass is 10.1. The molecule has 17 heavy (non-hydrogen) atoms. The maximum absolute atomic E-state index is 12.0. The van der Waals surface area contributed by atoms with Gasteiger partial charge in [-0.15, -0.1) is 0 Å². The number of halogens is 1. The number of rotatable bonds is 3. The third-order valence-electron chi connectivity index (χ3n) is 2.54. The van der Waals surface area contributed by atoms with E-state index >= 15 is 0 Å². The molecule has 0 unspecified atom stereocenters. The molecule has 94 valence electrons. The van der Waals surface area contributed by atoms with E-state index in [1.54, 1.807) is 40.0 Å². The Hall–Kier alpha value is -1.10. The van der Waals surface area contributed by atoms with Gasteiger partial charge in [-0.05, 0) is 49.7 Å². The molecule has 0 saturated carbocycles. The van der Waals surface area contributed by atoms with Gasteiger partial charge in [0.05, 0.1) is 6.61 Å². The Bertz CT molecular complexity index is 491. The third-order valence-corrected chi connectivity index (χ3v) is 2.97. The highest BCUT2D eigenvalue weighted by Crippen LogP contribution is 2.18. The van der Waals surface area contributed by atoms with Crippen molar-refractivity contribution in [2.24, 2.45) is 0 Å². The van der Waals surface area contributed by atoms with E-state index in [-0.39, 0.29) is 5.56 Å². The number of aryl methyl sites for hydroxylation is 1. The van der Waals surface area contributed by atoms with E-state index in [1.807, 2.05) is 0 Å². The predicted octanol–water partition coefficient (Wildman–Crippen LogP) is 2.22. The molecule has 5 heteroatoms. The number of esters is 1. The number of carbonyl (C=O) groups is 1. The molecule has 1 heterocycles. The minimum Gasteiger partial charge on any atom is -0.464 e. The van der Waals surface area contributed by atoms with Crippen LogP contribution in [0.1, 0.15) is 26.3 Å². The summed E-state index contributed by atoms with van der Waals surface area (Å²) in [5.74, 6) is -0.417. The zero-order valence-electron chi connectivity index (χ0n) is 10.4. The highest BCUT2D eigenvalue weighted by molar-refractivity contribution is 9.10. The topological polar surface area (TPSA) is 48.3 Å². The van der Waals surface area contributed by atoms with Crippen LogP contribution in [0.3, 0.4) is 0 Å². The monoisotopic (exact) mass is 301 g/mol. The Balaban J connectivity index is 3.33. The molecule has 0 radical (unpaired) electrons. The van der Waals surface area contributed by atoms with Crippen LogP contribution in [0, 0.1) is 6.92 Å². The molecule has 0 amide bonds. The van der Waals surface area contributed by atoms with Gasteiger partial charge >= 0.3 is 5.97 Å². The van der Waals surface area contributed by atoms with Crippen molar-refractivity contribution in [1.29, 1.82) is 0 Å². The van der Waals surface area contributed by atoms with Crippen LogP contribution in [0.2, 0.25) is 0 Å². The van der Waals surface area contributed by atoms with Crippen molar-refractivity contribution < 1.29 is 9.53 Å². The van der Waals surface area contributed by atoms with Gasteiger partial charge in [0.25, 0.3) is 5.56 Å². The molecular weight excluding hydrogens is 286 g/mol. The van der Waals surface area contributed by atoms with Crippen molar-refractivity contribution in [2.75, 3.05) is 6.61 Å². The summed E-state index contributed by atoms with van der Waals surface area (Å²) < 4.78 is 7.13. The first-order valence-corrected chi connectivity index (χ1v) is 6.16. The van der Waals surface area contributed by atoms with Gasteiger partial charge < -0.3 is 4.74 Å². The van der Waals surface area contributed by atoms with Gasteiger partial charge in [0.1, 0.15) is 5.54 Å². The minimum absolute atomic E-state index is 0.189. The van der Waals surface area contributed by atoms with Gasteiger partial charge in [0, 0.05) is 16.2 Å². The molecule has 1 aromatic heterocycles. The fourth-order valence-corrected chi connectivity index (χ4v) is 2.05. The molecule has 4 nitrogen and oxygen atoms in total. The molecule has 0 aliphatic rings. The summed E-state index contributed by atoms with van der Waals surface area (Å²) in [6.07, 6.45) is 1.60. The van der Waals surface area contributed by atoms with Crippen LogP contribution in [-0.4, -0.2) is 17.1 Å². The average Bonchev–Trinajstić information content (AvgIpc) is 2.23. The number of hydrogen-bond donors (Lipinski definition) is 0. The molecule has 1 rings (SSSR count). The van der Waals surface area contributed by atoms with Gasteiger partial charge in [0.15, 0.2) is 0 Å². The lowest BCUT2D eigenvalue weighted by molar-refractivity contribution is -0.152. The number of ether oxygens (including phenoxy) is 1. The summed E-state index contributed by atoms with van der Waals surface area (Å²) in [5.41, 5.74) is -0.621. The van der Waals surface area contributed by atoms with Crippen molar-refractivity contribution in [3.63, 3.8) is 0 Å². The summed E-state index contributed by atoms with van der Waals surface area (Å²) in [7, 11) is 0. The Morgan fingerprint density at radius 2 is 2.12 bits per heavy atom. The maximum Gasteiger partial charge on any atom is 0.331 e. The summed E-state index contributed by atoms with van der Waals surface area (Å²) in [5, 5.41) is 0. The van der Waals surface area contributed by atoms with Crippen LogP contribution in [0.15, 0.2) is 21.5 Å². The van der Waals surface area contributed by atoms with Gasteiger partial charge in [-0.25, -0.2) is 4.79 Å². The number of aromatic nitrogens is 1. The fraction of sp³-hybridized carbons (Fsp3) is 0.500. The first-order chi connectivity index (χ1) is 7.80. The molecular formula is C12H16BrNO3. The van der Waals surface area contributed by atoms with E-state index in [0.717, 1.165) is 4.47 Å². The Morgan fingerprint density at radius 3 is 2.65 bits per heavy atom. The lowest BCUT2D eigenvalue weighted by Crippen LogP contribution is -2.44. The second-order valence-electron chi connectivity index (χ2n) is 4.30. The summed E-state index contributed by atoms with van der Waals surface area (Å²) in [6.45, 7) is 7.08. The van der Waals surface area contributed by atoms with E-state index < -0.39 is 11.5 Å². The molecule has 0 spiro atoms. The fourth-order valence-electron chi connectivity index (χ4n) is 1.50. The lowest BCUT2D eigenvalue weighted by Gasteiger charge is -2.25. The molecule has 0 atom stereocenters. The Labute approximate surface area is 109 Å². The van der Waals surface area contributed by atoms with Crippen LogP contribution in [0.25, 0.3) is 0 Å². The predicted molar refractivity (Wildman–Crippen MR) is 69.1 cm³/mol. The van der Waals surface area contributed by atoms with Crippen LogP contribution in [0.5, 0.6) is 0 Å². The first-order valence-electron chi connectivity index (χ1n) is 5.37. The smallest absolute Gasteiger partial charge is 0.331 e. The largest absolute Gasteiger partial charge is 0.464 e. The normalized spacial score (nSPS) is 11.4. The van der Waals surface area contributed by atoms with E-state index in [1.165, 1.54) is 4.57 Å². The van der Waals surface area contributed by atoms with Crippen LogP contribution >= 0.6 is 15.9 Å². The van der Waals surface area contributed by atoms with Crippen molar-refractivity contribution in [1.82, 2.24) is 4.57 Å². The Morgan fingerprint density at radius 1 is 1.53 bits per heavy atom. The maximum atomic E-state index is 12.0. The molecule has 0 aromatic carbocycles. The second-order valence-corrected chi connectivity index (χ2v) is 5.21. The molecule has 0 bridgehead atoms. The number of pyridine rings is 1. The molecule has 0 saturated heterocycles. The highest BCUT2D eigenvalue weighted by Gasteiger charge is 2.32.